The van der Waals surface area contributed by atoms with Crippen LogP contribution >= 0.6 is 0 Å². The quantitative estimate of drug-likeness (QED) is 0.0920. The van der Waals surface area contributed by atoms with Gasteiger partial charge in [-0.15, -0.1) is 0 Å². The Hall–Kier alpha value is -3.61. The number of nitrogens with two attached hydrogens (primary N) is 1. The smallest absolute Gasteiger partial charge is 0.550 e. The zero-order valence-electron chi connectivity index (χ0n) is 23.2. The van der Waals surface area contributed by atoms with E-state index in [1.807, 2.05) is 0 Å². The number of benzene rings is 1. The number of nitrogen functional groups attached to an aromatic ring is 1. The Morgan fingerprint density at radius 2 is 1.60 bits per heavy atom. The van der Waals surface area contributed by atoms with Crippen molar-refractivity contribution in [2.75, 3.05) is 11.1 Å². The van der Waals surface area contributed by atoms with Gasteiger partial charge in [0.05, 0.1) is 30.4 Å². The average molecular weight is 614 g/mol. The number of aromatic nitrogens is 4. The summed E-state index contributed by atoms with van der Waals surface area (Å²) in [6, 6.07) is 2.76. The summed E-state index contributed by atoms with van der Waals surface area (Å²) < 4.78 is 0. The number of nitrogens with zero attached hydrogens (tertiary/aromatic N) is 3. The molecule has 0 bridgehead atoms. The number of aromatic amines is 1. The van der Waals surface area contributed by atoms with Gasteiger partial charge in [-0.05, 0) is 43.5 Å². The van der Waals surface area contributed by atoms with Crippen molar-refractivity contribution in [3.05, 3.63) is 52.1 Å². The molecule has 2 heterocycles. The van der Waals surface area contributed by atoms with Crippen molar-refractivity contribution >= 4 is 52.5 Å². The fourth-order valence-corrected chi connectivity index (χ4v) is 3.55. The van der Waals surface area contributed by atoms with Gasteiger partial charge in [0.15, 0.2) is 11.2 Å². The van der Waals surface area contributed by atoms with Crippen LogP contribution < -0.4 is 96.6 Å². The number of anilines is 2. The van der Waals surface area contributed by atoms with Crippen molar-refractivity contribution in [1.29, 1.82) is 0 Å². The van der Waals surface area contributed by atoms with Crippen molar-refractivity contribution in [3.63, 3.8) is 0 Å². The summed E-state index contributed by atoms with van der Waals surface area (Å²) in [6.45, 7) is 0.160. The maximum atomic E-state index is 12.8. The summed E-state index contributed by atoms with van der Waals surface area (Å²) in [5.74, 6) is -6.43. The minimum absolute atomic E-state index is 0. The molecule has 216 valence electrons. The molecule has 0 fully saturated rings. The molecule has 2 amide bonds. The number of aliphatic carboxylic acids is 3. The molecule has 0 radical (unpaired) electrons. The number of rotatable bonds is 14. The topological polar surface area (TPSA) is 285 Å². The van der Waals surface area contributed by atoms with Crippen molar-refractivity contribution in [2.45, 2.75) is 44.3 Å². The number of H-pyrrole nitrogens is 1. The van der Waals surface area contributed by atoms with Crippen LogP contribution in [0.2, 0.25) is 0 Å². The number of carbonyl (C=O) groups is 5. The van der Waals surface area contributed by atoms with Crippen LogP contribution in [-0.2, 0) is 25.7 Å². The number of carboxylic acids is 3. The Kier molecular flexibility index (Phi) is 15.2. The van der Waals surface area contributed by atoms with E-state index in [1.54, 1.807) is 0 Å². The molecule has 17 nitrogen and oxygen atoms in total. The second-order valence-corrected chi connectivity index (χ2v) is 8.66. The van der Waals surface area contributed by atoms with Crippen molar-refractivity contribution in [3.8, 4) is 0 Å². The molecule has 0 aliphatic carbocycles. The predicted molar refractivity (Wildman–Crippen MR) is 135 cm³/mol. The first-order chi connectivity index (χ1) is 19.4. The summed E-state index contributed by atoms with van der Waals surface area (Å²) in [4.78, 5) is 84.9. The third-order valence-corrected chi connectivity index (χ3v) is 5.61. The minimum atomic E-state index is -1.76. The van der Waals surface area contributed by atoms with Crippen LogP contribution in [0.5, 0.6) is 0 Å². The largest absolute Gasteiger partial charge is 1.00 e. The molecule has 3 rings (SSSR count). The first-order valence-corrected chi connectivity index (χ1v) is 12.0. The van der Waals surface area contributed by atoms with Gasteiger partial charge in [0.25, 0.3) is 11.5 Å². The van der Waals surface area contributed by atoms with E-state index in [-0.39, 0.29) is 94.8 Å². The molecular formula is C24H24N8Na2O9. The average Bonchev–Trinajstić information content (AvgIpc) is 2.91. The molecule has 0 saturated carbocycles. The van der Waals surface area contributed by atoms with Gasteiger partial charge < -0.3 is 46.6 Å². The monoisotopic (exact) mass is 614 g/mol. The van der Waals surface area contributed by atoms with Gasteiger partial charge in [-0.1, -0.05) is 0 Å². The normalized spacial score (nSPS) is 11.6. The molecule has 0 aliphatic heterocycles. The number of carbonyl (C=O) groups excluding carboxylic acids is 4. The van der Waals surface area contributed by atoms with E-state index in [1.165, 1.54) is 30.5 Å². The van der Waals surface area contributed by atoms with Gasteiger partial charge in [0.1, 0.15) is 6.04 Å². The van der Waals surface area contributed by atoms with Crippen molar-refractivity contribution < 1.29 is 98.4 Å². The van der Waals surface area contributed by atoms with E-state index in [4.69, 9.17) is 10.8 Å². The predicted octanol–water partition coefficient (Wildman–Crippen LogP) is -9.36. The molecule has 3 aromatic rings. The SMILES string of the molecule is Nc1nc2ncc(CNc3ccc(C(=O)NC(CCC(=O)O)C(=O)NC(CCC(=O)[O-])C(=O)[O-])cc3)nc2c(=O)[nH]1.[Na+].[Na+]. The van der Waals surface area contributed by atoms with E-state index in [2.05, 4.69) is 35.9 Å². The van der Waals surface area contributed by atoms with Crippen LogP contribution in [0.25, 0.3) is 11.2 Å². The molecule has 2 aromatic heterocycles. The van der Waals surface area contributed by atoms with Gasteiger partial charge in [-0.25, -0.2) is 9.97 Å². The van der Waals surface area contributed by atoms with Crippen LogP contribution in [0.4, 0.5) is 11.6 Å². The summed E-state index contributed by atoms with van der Waals surface area (Å²) in [5, 5.41) is 38.4. The van der Waals surface area contributed by atoms with Crippen LogP contribution in [-0.4, -0.2) is 66.8 Å². The molecule has 0 aliphatic rings. The van der Waals surface area contributed by atoms with Gasteiger partial charge in [-0.3, -0.25) is 24.2 Å². The van der Waals surface area contributed by atoms with Crippen LogP contribution in [0.1, 0.15) is 41.7 Å². The maximum Gasteiger partial charge on any atom is 1.00 e. The number of fused-ring (bicyclic) bond motifs is 1. The van der Waals surface area contributed by atoms with E-state index in [9.17, 15) is 39.0 Å². The Balaban J connectivity index is 0.00000462. The Morgan fingerprint density at radius 3 is 2.21 bits per heavy atom. The standard InChI is InChI=1S/C24H26N8O9.2Na/c25-24-31-19-18(22(39)32-24)28-13(10-27-19)9-26-12-3-1-11(2-4-12)20(37)29-14(5-7-16(33)34)21(38)30-15(23(40)41)6-8-17(35)36;;/h1-4,10,14-15,26H,5-9H2,(H,29,37)(H,30,38)(H,33,34)(H,35,36)(H,40,41)(H3,25,27,31,32,39);;/q;2*+1/p-2. The summed E-state index contributed by atoms with van der Waals surface area (Å²) in [6.07, 6.45) is -0.691. The van der Waals surface area contributed by atoms with E-state index in [0.29, 0.717) is 11.4 Å². The Bertz CT molecular complexity index is 1540. The molecule has 1 aromatic carbocycles. The van der Waals surface area contributed by atoms with Gasteiger partial charge in [0, 0.05) is 23.6 Å². The van der Waals surface area contributed by atoms with Gasteiger partial charge in [-0.2, -0.15) is 4.98 Å². The van der Waals surface area contributed by atoms with Crippen LogP contribution in [0.15, 0.2) is 35.3 Å². The number of nitrogens with one attached hydrogen (secondary N) is 4. The second kappa shape index (κ2) is 17.5. The first-order valence-electron chi connectivity index (χ1n) is 12.0. The molecule has 0 spiro atoms. The third kappa shape index (κ3) is 11.5. The summed E-state index contributed by atoms with van der Waals surface area (Å²) in [5.41, 5.74) is 6.11. The maximum absolute atomic E-state index is 12.8. The Labute approximate surface area is 287 Å². The molecular weight excluding hydrogens is 590 g/mol. The molecule has 2 atom stereocenters. The third-order valence-electron chi connectivity index (χ3n) is 5.61. The van der Waals surface area contributed by atoms with E-state index in [0.717, 1.165) is 0 Å². The second-order valence-electron chi connectivity index (χ2n) is 8.66. The fourth-order valence-electron chi connectivity index (χ4n) is 3.55. The number of hydrogen-bond donors (Lipinski definition) is 6. The summed E-state index contributed by atoms with van der Waals surface area (Å²) >= 11 is 0. The molecule has 19 heteroatoms. The summed E-state index contributed by atoms with van der Waals surface area (Å²) in [7, 11) is 0. The number of hydrogen-bond acceptors (Lipinski definition) is 13. The molecule has 2 unspecified atom stereocenters. The fraction of sp³-hybridized carbons (Fsp3) is 0.292. The molecule has 43 heavy (non-hydrogen) atoms. The zero-order chi connectivity index (χ0) is 30.1. The van der Waals surface area contributed by atoms with Gasteiger partial charge >= 0.3 is 65.1 Å². The Morgan fingerprint density at radius 1 is 0.953 bits per heavy atom. The van der Waals surface area contributed by atoms with Crippen LogP contribution in [0, 0.1) is 0 Å². The van der Waals surface area contributed by atoms with E-state index >= 15 is 0 Å². The van der Waals surface area contributed by atoms with Crippen LogP contribution in [0.3, 0.4) is 0 Å². The minimum Gasteiger partial charge on any atom is -0.550 e. The van der Waals surface area contributed by atoms with Crippen molar-refractivity contribution in [2.24, 2.45) is 0 Å². The number of amides is 2. The first kappa shape index (κ1) is 37.4. The van der Waals surface area contributed by atoms with Crippen molar-refractivity contribution in [1.82, 2.24) is 30.6 Å². The number of carboxylic acid groups (broad SMARTS) is 3. The molecule has 0 saturated heterocycles. The zero-order valence-corrected chi connectivity index (χ0v) is 27.2. The molecule has 7 N–H and O–H groups in total. The van der Waals surface area contributed by atoms with Gasteiger partial charge in [0.2, 0.25) is 11.9 Å². The van der Waals surface area contributed by atoms with E-state index < -0.39 is 66.6 Å².